The van der Waals surface area contributed by atoms with Gasteiger partial charge in [-0.05, 0) is 48.9 Å². The van der Waals surface area contributed by atoms with E-state index in [0.29, 0.717) is 36.2 Å². The second kappa shape index (κ2) is 12.9. The fourth-order valence-electron chi connectivity index (χ4n) is 3.62. The van der Waals surface area contributed by atoms with E-state index in [1.54, 1.807) is 6.08 Å². The van der Waals surface area contributed by atoms with Crippen molar-refractivity contribution in [3.63, 3.8) is 0 Å². The van der Waals surface area contributed by atoms with Gasteiger partial charge in [-0.15, -0.1) is 17.3 Å². The van der Waals surface area contributed by atoms with E-state index >= 15 is 0 Å². The largest absolute Gasteiger partial charge is 0.378 e. The van der Waals surface area contributed by atoms with E-state index in [-0.39, 0.29) is 16.6 Å². The van der Waals surface area contributed by atoms with Crippen LogP contribution >= 0.6 is 0 Å². The number of amides is 1. The first-order chi connectivity index (χ1) is 18.0. The minimum Gasteiger partial charge on any atom is -0.378 e. The van der Waals surface area contributed by atoms with Gasteiger partial charge in [-0.1, -0.05) is 12.1 Å². The molecule has 2 aromatic heterocycles. The molecule has 10 nitrogen and oxygen atoms in total. The van der Waals surface area contributed by atoms with Crippen LogP contribution in [0.15, 0.2) is 65.7 Å². The lowest BCUT2D eigenvalue weighted by Gasteiger charge is -2.28. The molecule has 0 atom stereocenters. The first-order valence-electron chi connectivity index (χ1n) is 12.0. The summed E-state index contributed by atoms with van der Waals surface area (Å²) in [6, 6.07) is 13.7. The third-order valence-corrected chi connectivity index (χ3v) is 6.12. The molecule has 1 aliphatic heterocycles. The van der Waals surface area contributed by atoms with Gasteiger partial charge in [-0.3, -0.25) is 9.16 Å². The number of pyridine rings is 1. The lowest BCUT2D eigenvalue weighted by Crippen LogP contribution is -2.36. The number of carbonyl (C=O) groups excluding carboxylic acids is 1. The van der Waals surface area contributed by atoms with E-state index in [4.69, 9.17) is 4.74 Å². The van der Waals surface area contributed by atoms with Crippen LogP contribution in [-0.2, 0) is 22.0 Å². The summed E-state index contributed by atoms with van der Waals surface area (Å²) in [5.41, 5.74) is 3.11. The fraction of sp³-hybridized carbons (Fsp3) is 0.308. The Bertz CT molecular complexity index is 1260. The minimum atomic E-state index is -0.309. The van der Waals surface area contributed by atoms with Crippen LogP contribution in [0.25, 0.3) is 0 Å². The highest BCUT2D eigenvalue weighted by molar-refractivity contribution is 7.85. The molecule has 0 spiro atoms. The maximum Gasteiger partial charge on any atom is 0.256 e. The molecule has 0 radical (unpaired) electrons. The summed E-state index contributed by atoms with van der Waals surface area (Å²) in [5.74, 6) is 0.957. The Hall–Kier alpha value is -3.83. The standard InChI is InChI=1S/C26H32N8O2S/c1-4-12-27-25(35)22-18-28-26(31-19-8-10-21(11-9-19)34-13-15-36-16-14-34)33-24(22)32-23-7-5-6-20(30-23)17-29-37(2)3/h4-11,18H,1,12-17H2,2-3H3,(H,27,35)(H2,28,30,31,32,33). The van der Waals surface area contributed by atoms with Gasteiger partial charge in [-0.25, -0.2) is 9.97 Å². The first kappa shape index (κ1) is 26.2. The summed E-state index contributed by atoms with van der Waals surface area (Å²) >= 11 is 0. The molecule has 3 heterocycles. The maximum absolute atomic E-state index is 12.8. The van der Waals surface area contributed by atoms with Crippen LogP contribution in [0.4, 0.5) is 29.0 Å². The molecule has 37 heavy (non-hydrogen) atoms. The number of hydrogen-bond acceptors (Lipinski definition) is 9. The molecular weight excluding hydrogens is 488 g/mol. The molecule has 4 rings (SSSR count). The van der Waals surface area contributed by atoms with E-state index in [9.17, 15) is 4.79 Å². The van der Waals surface area contributed by atoms with Crippen LogP contribution < -0.4 is 20.9 Å². The Balaban J connectivity index is 1.55. The lowest BCUT2D eigenvalue weighted by atomic mass is 10.2. The first-order valence-corrected chi connectivity index (χ1v) is 14.0. The van der Waals surface area contributed by atoms with Crippen molar-refractivity contribution in [1.82, 2.24) is 20.3 Å². The molecule has 3 N–H and O–H groups in total. The van der Waals surface area contributed by atoms with Gasteiger partial charge in [0.15, 0.2) is 0 Å². The number of hydrogen-bond donors (Lipinski definition) is 3. The Labute approximate surface area is 219 Å². The molecule has 1 aliphatic rings. The number of ether oxygens (including phenoxy) is 1. The average molecular weight is 521 g/mol. The normalized spacial score (nSPS) is 13.2. The Kier molecular flexibility index (Phi) is 9.17. The van der Waals surface area contributed by atoms with Crippen molar-refractivity contribution in [3.8, 4) is 0 Å². The topological polar surface area (TPSA) is 117 Å². The molecule has 11 heteroatoms. The van der Waals surface area contributed by atoms with Gasteiger partial charge in [0.2, 0.25) is 5.95 Å². The third-order valence-electron chi connectivity index (χ3n) is 5.48. The van der Waals surface area contributed by atoms with E-state index < -0.39 is 0 Å². The van der Waals surface area contributed by atoms with Gasteiger partial charge in [0.05, 0.1) is 25.5 Å². The van der Waals surface area contributed by atoms with Crippen molar-refractivity contribution < 1.29 is 9.53 Å². The summed E-state index contributed by atoms with van der Waals surface area (Å²) in [5, 5.41) is 9.20. The van der Waals surface area contributed by atoms with Gasteiger partial charge in [0, 0.05) is 37.2 Å². The predicted octanol–water partition coefficient (Wildman–Crippen LogP) is 3.67. The average Bonchev–Trinajstić information content (AvgIpc) is 2.92. The molecule has 1 fully saturated rings. The second-order valence-corrected chi connectivity index (χ2v) is 10.2. The van der Waals surface area contributed by atoms with Crippen LogP contribution in [0.3, 0.4) is 0 Å². The van der Waals surface area contributed by atoms with E-state index in [1.807, 2.05) is 30.3 Å². The number of benzene rings is 1. The maximum atomic E-state index is 12.8. The molecule has 0 saturated carbocycles. The molecule has 1 amide bonds. The summed E-state index contributed by atoms with van der Waals surface area (Å²) < 4.78 is 9.97. The van der Waals surface area contributed by atoms with Crippen molar-refractivity contribution in [2.45, 2.75) is 6.54 Å². The number of rotatable bonds is 10. The van der Waals surface area contributed by atoms with Gasteiger partial charge in [0.1, 0.15) is 17.2 Å². The van der Waals surface area contributed by atoms with Crippen LogP contribution in [-0.4, -0.2) is 66.2 Å². The van der Waals surface area contributed by atoms with Crippen LogP contribution in [0, 0.1) is 0 Å². The molecular formula is C26H32N8O2S. The zero-order valence-electron chi connectivity index (χ0n) is 21.1. The van der Waals surface area contributed by atoms with Crippen molar-refractivity contribution >= 4 is 45.6 Å². The molecule has 0 bridgehead atoms. The second-order valence-electron chi connectivity index (χ2n) is 8.43. The van der Waals surface area contributed by atoms with Crippen LogP contribution in [0.2, 0.25) is 0 Å². The smallest absolute Gasteiger partial charge is 0.256 e. The number of nitrogens with one attached hydrogen (secondary N) is 3. The summed E-state index contributed by atoms with van der Waals surface area (Å²) in [6.45, 7) is 7.74. The molecule has 0 unspecified atom stereocenters. The summed E-state index contributed by atoms with van der Waals surface area (Å²) in [6.07, 6.45) is 7.23. The number of morpholine rings is 1. The Morgan fingerprint density at radius 2 is 1.92 bits per heavy atom. The van der Waals surface area contributed by atoms with Gasteiger partial charge in [-0.2, -0.15) is 4.98 Å². The van der Waals surface area contributed by atoms with Crippen molar-refractivity contribution in [2.75, 3.05) is 60.9 Å². The van der Waals surface area contributed by atoms with Crippen molar-refractivity contribution in [3.05, 3.63) is 72.6 Å². The fourth-order valence-corrected chi connectivity index (χ4v) is 4.01. The molecule has 1 saturated heterocycles. The zero-order valence-corrected chi connectivity index (χ0v) is 21.9. The Morgan fingerprint density at radius 1 is 1.14 bits per heavy atom. The van der Waals surface area contributed by atoms with E-state index in [1.165, 1.54) is 6.20 Å². The van der Waals surface area contributed by atoms with E-state index in [0.717, 1.165) is 43.4 Å². The predicted molar refractivity (Wildman–Crippen MR) is 150 cm³/mol. The summed E-state index contributed by atoms with van der Waals surface area (Å²) in [4.78, 5) is 28.7. The van der Waals surface area contributed by atoms with Gasteiger partial charge >= 0.3 is 0 Å². The van der Waals surface area contributed by atoms with Crippen LogP contribution in [0.5, 0.6) is 0 Å². The monoisotopic (exact) mass is 520 g/mol. The molecule has 194 valence electrons. The highest BCUT2D eigenvalue weighted by atomic mass is 32.2. The number of anilines is 5. The van der Waals surface area contributed by atoms with Gasteiger partial charge < -0.3 is 25.6 Å². The highest BCUT2D eigenvalue weighted by Crippen LogP contribution is 2.23. The quantitative estimate of drug-likeness (QED) is 0.347. The molecule has 1 aromatic carbocycles. The van der Waals surface area contributed by atoms with E-state index in [2.05, 4.69) is 71.4 Å². The highest BCUT2D eigenvalue weighted by Gasteiger charge is 2.16. The molecule has 3 aromatic rings. The Morgan fingerprint density at radius 3 is 2.65 bits per heavy atom. The number of aromatic nitrogens is 3. The van der Waals surface area contributed by atoms with Crippen molar-refractivity contribution in [2.24, 2.45) is 4.36 Å². The zero-order chi connectivity index (χ0) is 26.0. The minimum absolute atomic E-state index is 0.0333. The lowest BCUT2D eigenvalue weighted by molar-refractivity contribution is 0.0958. The van der Waals surface area contributed by atoms with Gasteiger partial charge in [0.25, 0.3) is 5.91 Å². The SMILES string of the molecule is C=CCNC(=O)c1cnc(Nc2ccc(N3CCOCC3)cc2)nc1Nc1cccc(CN=S(C)C)n1. The summed E-state index contributed by atoms with van der Waals surface area (Å²) in [7, 11) is -0.0333. The number of carbonyl (C=O) groups is 1. The van der Waals surface area contributed by atoms with Crippen molar-refractivity contribution in [1.29, 1.82) is 0 Å². The third kappa shape index (κ3) is 7.58. The van der Waals surface area contributed by atoms with Crippen LogP contribution in [0.1, 0.15) is 16.1 Å². The number of nitrogens with zero attached hydrogens (tertiary/aromatic N) is 5. The molecule has 0 aliphatic carbocycles.